The molecule has 0 unspecified atom stereocenters. The zero-order valence-electron chi connectivity index (χ0n) is 12.9. The zero-order valence-corrected chi connectivity index (χ0v) is 14.5. The molecule has 0 aromatic carbocycles. The van der Waals surface area contributed by atoms with Crippen LogP contribution in [-0.4, -0.2) is 32.3 Å². The van der Waals surface area contributed by atoms with Crippen molar-refractivity contribution in [2.75, 3.05) is 11.4 Å². The van der Waals surface area contributed by atoms with Gasteiger partial charge in [0.05, 0.1) is 5.39 Å². The molecule has 0 aliphatic carbocycles. The van der Waals surface area contributed by atoms with Crippen molar-refractivity contribution in [1.82, 2.24) is 19.7 Å². The highest BCUT2D eigenvalue weighted by molar-refractivity contribution is 9.10. The molecule has 0 N–H and O–H groups in total. The Morgan fingerprint density at radius 2 is 2.19 bits per heavy atom. The summed E-state index contributed by atoms with van der Waals surface area (Å²) in [5.74, 6) is 1.74. The Labute approximate surface area is 133 Å². The average molecular weight is 352 g/mol. The summed E-state index contributed by atoms with van der Waals surface area (Å²) in [5, 5.41) is 5.48. The minimum atomic E-state index is 0.564. The predicted molar refractivity (Wildman–Crippen MR) is 88.4 cm³/mol. The summed E-state index contributed by atoms with van der Waals surface area (Å²) >= 11 is 3.57. The molecule has 21 heavy (non-hydrogen) atoms. The number of rotatable bonds is 3. The average Bonchev–Trinajstić information content (AvgIpc) is 2.77. The summed E-state index contributed by atoms with van der Waals surface area (Å²) in [6.07, 6.45) is 6.61. The van der Waals surface area contributed by atoms with E-state index in [1.165, 1.54) is 25.7 Å². The number of fused-ring (bicyclic) bond motifs is 1. The van der Waals surface area contributed by atoms with Gasteiger partial charge in [-0.3, -0.25) is 0 Å². The van der Waals surface area contributed by atoms with Crippen LogP contribution in [-0.2, 0) is 7.05 Å². The molecule has 0 spiro atoms. The highest BCUT2D eigenvalue weighted by atomic mass is 79.9. The molecule has 5 nitrogen and oxygen atoms in total. The van der Waals surface area contributed by atoms with Gasteiger partial charge in [0, 0.05) is 19.6 Å². The molecule has 1 saturated heterocycles. The maximum atomic E-state index is 4.60. The molecule has 2 aromatic heterocycles. The van der Waals surface area contributed by atoms with Crippen molar-refractivity contribution in [1.29, 1.82) is 0 Å². The van der Waals surface area contributed by atoms with E-state index in [-0.39, 0.29) is 0 Å². The first kappa shape index (κ1) is 14.8. The van der Waals surface area contributed by atoms with Crippen LogP contribution in [0.2, 0.25) is 0 Å². The van der Waals surface area contributed by atoms with E-state index in [0.29, 0.717) is 12.0 Å². The van der Waals surface area contributed by atoms with E-state index in [1.54, 1.807) is 6.33 Å². The van der Waals surface area contributed by atoms with Crippen molar-refractivity contribution in [3.05, 3.63) is 10.9 Å². The molecular formula is C15H22BrN5. The van der Waals surface area contributed by atoms with E-state index in [9.17, 15) is 0 Å². The van der Waals surface area contributed by atoms with Crippen LogP contribution in [0.5, 0.6) is 0 Å². The van der Waals surface area contributed by atoms with Gasteiger partial charge < -0.3 is 4.90 Å². The number of piperidine rings is 1. The molecule has 6 heteroatoms. The van der Waals surface area contributed by atoms with Crippen LogP contribution in [0.25, 0.3) is 11.0 Å². The predicted octanol–water partition coefficient (Wildman–Crippen LogP) is 3.53. The Morgan fingerprint density at radius 1 is 1.38 bits per heavy atom. The minimum Gasteiger partial charge on any atom is -0.353 e. The van der Waals surface area contributed by atoms with Gasteiger partial charge in [-0.2, -0.15) is 5.10 Å². The van der Waals surface area contributed by atoms with E-state index in [2.05, 4.69) is 49.7 Å². The largest absolute Gasteiger partial charge is 0.353 e. The summed E-state index contributed by atoms with van der Waals surface area (Å²) in [6, 6.07) is 0.564. The molecule has 1 aliphatic rings. The second-order valence-corrected chi connectivity index (χ2v) is 6.73. The number of hydrogen-bond donors (Lipinski definition) is 0. The van der Waals surface area contributed by atoms with Crippen molar-refractivity contribution >= 4 is 32.8 Å². The van der Waals surface area contributed by atoms with Gasteiger partial charge in [-0.15, -0.1) is 0 Å². The smallest absolute Gasteiger partial charge is 0.164 e. The molecule has 0 radical (unpaired) electrons. The van der Waals surface area contributed by atoms with E-state index < -0.39 is 0 Å². The molecule has 3 rings (SSSR count). The van der Waals surface area contributed by atoms with Crippen molar-refractivity contribution in [3.63, 3.8) is 0 Å². The van der Waals surface area contributed by atoms with Gasteiger partial charge >= 0.3 is 0 Å². The Balaban J connectivity index is 2.09. The molecule has 1 fully saturated rings. The second-order valence-electron chi connectivity index (χ2n) is 5.98. The Bertz CT molecular complexity index is 638. The van der Waals surface area contributed by atoms with Gasteiger partial charge in [0.2, 0.25) is 0 Å². The van der Waals surface area contributed by atoms with Crippen molar-refractivity contribution in [3.8, 4) is 0 Å². The topological polar surface area (TPSA) is 46.8 Å². The molecule has 0 saturated carbocycles. The first-order valence-electron chi connectivity index (χ1n) is 7.73. The lowest BCUT2D eigenvalue weighted by molar-refractivity contribution is 0.326. The molecule has 0 bridgehead atoms. The normalized spacial score (nSPS) is 23.0. The minimum absolute atomic E-state index is 0.564. The molecule has 1 aliphatic heterocycles. The SMILES string of the molecule is CCC[C@@H]1[C@H](C)CCCN1c1ncnc2c1c(Br)nn2C. The number of halogens is 1. The van der Waals surface area contributed by atoms with Crippen LogP contribution in [0.15, 0.2) is 10.9 Å². The van der Waals surface area contributed by atoms with E-state index in [0.717, 1.165) is 28.0 Å². The van der Waals surface area contributed by atoms with Crippen LogP contribution >= 0.6 is 15.9 Å². The molecule has 2 aromatic rings. The van der Waals surface area contributed by atoms with Crippen LogP contribution < -0.4 is 4.90 Å². The van der Waals surface area contributed by atoms with Gasteiger partial charge in [0.15, 0.2) is 5.65 Å². The van der Waals surface area contributed by atoms with E-state index >= 15 is 0 Å². The Kier molecular flexibility index (Phi) is 4.15. The first-order chi connectivity index (χ1) is 10.1. The van der Waals surface area contributed by atoms with Crippen LogP contribution in [0.4, 0.5) is 5.82 Å². The van der Waals surface area contributed by atoms with Crippen LogP contribution in [0.1, 0.15) is 39.5 Å². The van der Waals surface area contributed by atoms with Gasteiger partial charge in [-0.05, 0) is 41.1 Å². The van der Waals surface area contributed by atoms with Crippen LogP contribution in [0, 0.1) is 5.92 Å². The Hall–Kier alpha value is -1.17. The van der Waals surface area contributed by atoms with Gasteiger partial charge in [0.1, 0.15) is 16.7 Å². The maximum Gasteiger partial charge on any atom is 0.164 e. The second kappa shape index (κ2) is 5.91. The summed E-state index contributed by atoms with van der Waals surface area (Å²) in [4.78, 5) is 11.5. The molecule has 2 atom stereocenters. The van der Waals surface area contributed by atoms with Gasteiger partial charge in [-0.1, -0.05) is 20.3 Å². The number of aromatic nitrogens is 4. The van der Waals surface area contributed by atoms with E-state index in [1.807, 2.05) is 11.7 Å². The molecule has 3 heterocycles. The fourth-order valence-corrected chi connectivity index (χ4v) is 4.08. The van der Waals surface area contributed by atoms with Gasteiger partial charge in [-0.25, -0.2) is 14.6 Å². The molecule has 114 valence electrons. The fraction of sp³-hybridized carbons (Fsp3) is 0.667. The lowest BCUT2D eigenvalue weighted by atomic mass is 9.88. The molecular weight excluding hydrogens is 330 g/mol. The summed E-state index contributed by atoms with van der Waals surface area (Å²) in [5.41, 5.74) is 0.889. The maximum absolute atomic E-state index is 4.60. The number of hydrogen-bond acceptors (Lipinski definition) is 4. The number of anilines is 1. The third kappa shape index (κ3) is 2.54. The van der Waals surface area contributed by atoms with Gasteiger partial charge in [0.25, 0.3) is 0 Å². The third-order valence-electron chi connectivity index (χ3n) is 4.53. The quantitative estimate of drug-likeness (QED) is 0.848. The lowest BCUT2D eigenvalue weighted by Crippen LogP contribution is -2.45. The van der Waals surface area contributed by atoms with E-state index in [4.69, 9.17) is 0 Å². The van der Waals surface area contributed by atoms with Crippen molar-refractivity contribution < 1.29 is 0 Å². The number of nitrogens with zero attached hydrogens (tertiary/aromatic N) is 5. The van der Waals surface area contributed by atoms with Crippen LogP contribution in [0.3, 0.4) is 0 Å². The first-order valence-corrected chi connectivity index (χ1v) is 8.52. The third-order valence-corrected chi connectivity index (χ3v) is 5.09. The summed E-state index contributed by atoms with van der Waals surface area (Å²) in [7, 11) is 1.92. The highest BCUT2D eigenvalue weighted by Crippen LogP contribution is 2.35. The zero-order chi connectivity index (χ0) is 15.0. The number of aryl methyl sites for hydroxylation is 1. The monoisotopic (exact) mass is 351 g/mol. The lowest BCUT2D eigenvalue weighted by Gasteiger charge is -2.41. The Morgan fingerprint density at radius 3 is 2.95 bits per heavy atom. The fourth-order valence-electron chi connectivity index (χ4n) is 3.49. The standard InChI is InChI=1S/C15H22BrN5/c1-4-6-11-10(2)7-5-8-21(11)15-12-13(16)19-20(3)14(12)17-9-18-15/h9-11H,4-8H2,1-3H3/t10-,11-/m1/s1. The summed E-state index contributed by atoms with van der Waals surface area (Å²) < 4.78 is 2.65. The molecule has 0 amide bonds. The van der Waals surface area contributed by atoms with Crippen molar-refractivity contribution in [2.24, 2.45) is 13.0 Å². The van der Waals surface area contributed by atoms with Crippen molar-refractivity contribution in [2.45, 2.75) is 45.6 Å². The summed E-state index contributed by atoms with van der Waals surface area (Å²) in [6.45, 7) is 5.70. The highest BCUT2D eigenvalue weighted by Gasteiger charge is 2.30.